The molecule has 1 N–H and O–H groups in total. The Labute approximate surface area is 124 Å². The number of hydrogen-bond donors (Lipinski definition) is 1. The van der Waals surface area contributed by atoms with Crippen molar-refractivity contribution in [2.45, 2.75) is 26.7 Å². The van der Waals surface area contributed by atoms with Crippen LogP contribution < -0.4 is 5.32 Å². The number of carbonyl (C=O) groups excluding carboxylic acids is 1. The van der Waals surface area contributed by atoms with Gasteiger partial charge in [-0.25, -0.2) is 9.97 Å². The van der Waals surface area contributed by atoms with E-state index in [4.69, 9.17) is 0 Å². The van der Waals surface area contributed by atoms with Crippen molar-refractivity contribution in [2.24, 2.45) is 0 Å². The molecule has 0 saturated heterocycles. The van der Waals surface area contributed by atoms with E-state index in [1.165, 1.54) is 11.3 Å². The maximum atomic E-state index is 12.1. The third kappa shape index (κ3) is 3.39. The molecule has 2 aromatic rings. The molecule has 0 radical (unpaired) electrons. The lowest BCUT2D eigenvalue weighted by Gasteiger charge is -2.06. The SMILES string of the molecule is Cc1cc(C(=O)Nc2cnc(C(C)C)nc2)c(Br)s1. The van der Waals surface area contributed by atoms with Crippen LogP contribution in [-0.4, -0.2) is 15.9 Å². The Morgan fingerprint density at radius 3 is 2.47 bits per heavy atom. The Bertz CT molecular complexity index is 592. The first-order chi connectivity index (χ1) is 8.97. The number of carbonyl (C=O) groups is 1. The normalized spacial score (nSPS) is 10.8. The zero-order valence-corrected chi connectivity index (χ0v) is 13.3. The molecule has 2 aromatic heterocycles. The maximum Gasteiger partial charge on any atom is 0.257 e. The first-order valence-corrected chi connectivity index (χ1v) is 7.47. The zero-order chi connectivity index (χ0) is 14.0. The number of rotatable bonds is 3. The van der Waals surface area contributed by atoms with E-state index in [1.54, 1.807) is 12.4 Å². The molecule has 0 bridgehead atoms. The van der Waals surface area contributed by atoms with Gasteiger partial charge in [-0.15, -0.1) is 11.3 Å². The van der Waals surface area contributed by atoms with Crippen molar-refractivity contribution in [1.29, 1.82) is 0 Å². The lowest BCUT2D eigenvalue weighted by Crippen LogP contribution is -2.12. The summed E-state index contributed by atoms with van der Waals surface area (Å²) in [6.45, 7) is 6.02. The third-order valence-corrected chi connectivity index (χ3v) is 4.25. The van der Waals surface area contributed by atoms with Crippen molar-refractivity contribution < 1.29 is 4.79 Å². The van der Waals surface area contributed by atoms with Gasteiger partial charge in [0.05, 0.1) is 27.4 Å². The Morgan fingerprint density at radius 1 is 1.37 bits per heavy atom. The molecular formula is C13H14BrN3OS. The fourth-order valence-corrected chi connectivity index (χ4v) is 3.32. The quantitative estimate of drug-likeness (QED) is 0.919. The smallest absolute Gasteiger partial charge is 0.257 e. The Balaban J connectivity index is 2.13. The second-order valence-electron chi connectivity index (χ2n) is 4.48. The summed E-state index contributed by atoms with van der Waals surface area (Å²) in [6.07, 6.45) is 3.26. The molecule has 2 heterocycles. The molecule has 0 fully saturated rings. The van der Waals surface area contributed by atoms with Crippen molar-refractivity contribution in [3.8, 4) is 0 Å². The molecule has 19 heavy (non-hydrogen) atoms. The minimum absolute atomic E-state index is 0.155. The van der Waals surface area contributed by atoms with Gasteiger partial charge in [-0.05, 0) is 28.9 Å². The summed E-state index contributed by atoms with van der Waals surface area (Å²) >= 11 is 4.93. The zero-order valence-electron chi connectivity index (χ0n) is 10.9. The summed E-state index contributed by atoms with van der Waals surface area (Å²) in [4.78, 5) is 21.6. The summed E-state index contributed by atoms with van der Waals surface area (Å²) in [5.41, 5.74) is 1.24. The van der Waals surface area contributed by atoms with Crippen molar-refractivity contribution >= 4 is 38.9 Å². The highest BCUT2D eigenvalue weighted by Gasteiger charge is 2.13. The Morgan fingerprint density at radius 2 is 2.00 bits per heavy atom. The predicted octanol–water partition coefficient (Wildman–Crippen LogP) is 3.98. The van der Waals surface area contributed by atoms with Gasteiger partial charge >= 0.3 is 0 Å². The minimum atomic E-state index is -0.155. The Kier molecular flexibility index (Phi) is 4.31. The number of aromatic nitrogens is 2. The summed E-state index contributed by atoms with van der Waals surface area (Å²) < 4.78 is 0.835. The van der Waals surface area contributed by atoms with Crippen LogP contribution in [0.4, 0.5) is 5.69 Å². The average Bonchev–Trinajstić information content (AvgIpc) is 2.69. The van der Waals surface area contributed by atoms with Crippen LogP contribution >= 0.6 is 27.3 Å². The first kappa shape index (κ1) is 14.1. The van der Waals surface area contributed by atoms with Crippen molar-refractivity contribution in [1.82, 2.24) is 9.97 Å². The summed E-state index contributed by atoms with van der Waals surface area (Å²) in [5.74, 6) is 0.890. The molecule has 0 aliphatic heterocycles. The predicted molar refractivity (Wildman–Crippen MR) is 80.8 cm³/mol. The first-order valence-electron chi connectivity index (χ1n) is 5.86. The molecule has 0 unspecified atom stereocenters. The topological polar surface area (TPSA) is 54.9 Å². The number of halogens is 1. The van der Waals surface area contributed by atoms with E-state index in [-0.39, 0.29) is 11.8 Å². The summed E-state index contributed by atoms with van der Waals surface area (Å²) in [5, 5.41) is 2.79. The van der Waals surface area contributed by atoms with E-state index >= 15 is 0 Å². The van der Waals surface area contributed by atoms with Crippen LogP contribution in [0.2, 0.25) is 0 Å². The highest BCUT2D eigenvalue weighted by molar-refractivity contribution is 9.11. The van der Waals surface area contributed by atoms with Gasteiger partial charge in [-0.2, -0.15) is 0 Å². The van der Waals surface area contributed by atoms with Crippen LogP contribution in [0, 0.1) is 6.92 Å². The molecule has 4 nitrogen and oxygen atoms in total. The van der Waals surface area contributed by atoms with E-state index in [2.05, 4.69) is 31.2 Å². The molecule has 0 aromatic carbocycles. The van der Waals surface area contributed by atoms with E-state index in [9.17, 15) is 4.79 Å². The molecule has 0 saturated carbocycles. The number of nitrogens with one attached hydrogen (secondary N) is 1. The van der Waals surface area contributed by atoms with Gasteiger partial charge in [0.15, 0.2) is 0 Å². The van der Waals surface area contributed by atoms with Crippen LogP contribution in [0.25, 0.3) is 0 Å². The van der Waals surface area contributed by atoms with Gasteiger partial charge in [0, 0.05) is 10.8 Å². The highest BCUT2D eigenvalue weighted by Crippen LogP contribution is 2.28. The number of anilines is 1. The summed E-state index contributed by atoms with van der Waals surface area (Å²) in [6, 6.07) is 1.85. The molecule has 2 rings (SSSR count). The molecule has 0 aliphatic carbocycles. The third-order valence-electron chi connectivity index (χ3n) is 2.50. The number of hydrogen-bond acceptors (Lipinski definition) is 4. The number of aryl methyl sites for hydroxylation is 1. The molecule has 0 spiro atoms. The van der Waals surface area contributed by atoms with Crippen molar-refractivity contribution in [3.63, 3.8) is 0 Å². The molecule has 0 aliphatic rings. The van der Waals surface area contributed by atoms with Crippen LogP contribution in [0.5, 0.6) is 0 Å². The van der Waals surface area contributed by atoms with E-state index < -0.39 is 0 Å². The van der Waals surface area contributed by atoms with Gasteiger partial charge in [0.25, 0.3) is 5.91 Å². The minimum Gasteiger partial charge on any atom is -0.319 e. The van der Waals surface area contributed by atoms with Crippen LogP contribution in [0.15, 0.2) is 22.2 Å². The monoisotopic (exact) mass is 339 g/mol. The second kappa shape index (κ2) is 5.79. The summed E-state index contributed by atoms with van der Waals surface area (Å²) in [7, 11) is 0. The molecule has 0 atom stereocenters. The molecule has 100 valence electrons. The van der Waals surface area contributed by atoms with Gasteiger partial charge in [0.1, 0.15) is 5.82 Å². The lowest BCUT2D eigenvalue weighted by atomic mass is 10.2. The largest absolute Gasteiger partial charge is 0.319 e. The van der Waals surface area contributed by atoms with E-state index in [0.29, 0.717) is 11.3 Å². The van der Waals surface area contributed by atoms with E-state index in [0.717, 1.165) is 14.5 Å². The van der Waals surface area contributed by atoms with Gasteiger partial charge in [-0.3, -0.25) is 4.79 Å². The van der Waals surface area contributed by atoms with Gasteiger partial charge < -0.3 is 5.32 Å². The standard InChI is InChI=1S/C13H14BrN3OS/c1-7(2)12-15-5-9(6-16-12)17-13(18)10-4-8(3)19-11(10)14/h4-7H,1-3H3,(H,17,18). The van der Waals surface area contributed by atoms with Crippen molar-refractivity contribution in [3.05, 3.63) is 38.5 Å². The van der Waals surface area contributed by atoms with Gasteiger partial charge in [0.2, 0.25) is 0 Å². The molecule has 1 amide bonds. The number of amides is 1. The fourth-order valence-electron chi connectivity index (χ4n) is 1.54. The lowest BCUT2D eigenvalue weighted by molar-refractivity contribution is 0.102. The molecular weight excluding hydrogens is 326 g/mol. The van der Waals surface area contributed by atoms with Crippen molar-refractivity contribution in [2.75, 3.05) is 5.32 Å². The fraction of sp³-hybridized carbons (Fsp3) is 0.308. The van der Waals surface area contributed by atoms with Crippen LogP contribution in [-0.2, 0) is 0 Å². The van der Waals surface area contributed by atoms with Crippen LogP contribution in [0.1, 0.15) is 40.8 Å². The van der Waals surface area contributed by atoms with Crippen LogP contribution in [0.3, 0.4) is 0 Å². The highest BCUT2D eigenvalue weighted by atomic mass is 79.9. The second-order valence-corrected chi connectivity index (χ2v) is 7.06. The number of nitrogens with zero attached hydrogens (tertiary/aromatic N) is 2. The maximum absolute atomic E-state index is 12.1. The molecule has 6 heteroatoms. The van der Waals surface area contributed by atoms with E-state index in [1.807, 2.05) is 26.8 Å². The Hall–Kier alpha value is -1.27. The average molecular weight is 340 g/mol. The number of thiophene rings is 1. The van der Waals surface area contributed by atoms with Gasteiger partial charge in [-0.1, -0.05) is 13.8 Å².